The summed E-state index contributed by atoms with van der Waals surface area (Å²) in [6, 6.07) is -0.206. The van der Waals surface area contributed by atoms with E-state index in [9.17, 15) is 82.7 Å². The monoisotopic (exact) mass is 1730 g/mol. The number of methoxy groups -OCH3 is 3. The number of hydrogen-bond acceptors (Lipinski definition) is 21. The van der Waals surface area contributed by atoms with Gasteiger partial charge in [0.1, 0.15) is 57.8 Å². The van der Waals surface area contributed by atoms with Gasteiger partial charge in [-0.2, -0.15) is 4.39 Å². The van der Waals surface area contributed by atoms with Gasteiger partial charge in [0.05, 0.1) is 84.8 Å². The van der Waals surface area contributed by atoms with Gasteiger partial charge < -0.3 is 107 Å². The molecule has 0 radical (unpaired) electrons. The molecule has 7 N–H and O–H groups in total. The number of aromatic nitrogens is 3. The van der Waals surface area contributed by atoms with Crippen LogP contribution in [0.4, 0.5) is 69.0 Å². The number of carboxylic acid groups (broad SMARTS) is 1. The fourth-order valence-corrected chi connectivity index (χ4v) is 13.7. The number of aromatic carboxylic acids is 1. The van der Waals surface area contributed by atoms with Crippen LogP contribution >= 0.6 is 0 Å². The molecule has 6 fully saturated rings. The fraction of sp³-hybridized carbons (Fsp3) is 0.556. The molecular formula is C72H90B2F11IN9O18-. The summed E-state index contributed by atoms with van der Waals surface area (Å²) in [6.07, 6.45) is 0.902. The molecule has 3 aliphatic heterocycles. The van der Waals surface area contributed by atoms with Crippen molar-refractivity contribution in [1.29, 1.82) is 0 Å². The largest absolute Gasteiger partial charge is 1.00 e. The Bertz CT molecular complexity index is 4670. The Morgan fingerprint density at radius 2 is 0.903 bits per heavy atom. The number of pyridine rings is 3. The molecule has 12 rings (SSSR count). The fourth-order valence-electron chi connectivity index (χ4n) is 13.7. The molecule has 622 valence electrons. The predicted octanol–water partition coefficient (Wildman–Crippen LogP) is 8.22. The lowest BCUT2D eigenvalue weighted by atomic mass is 10.0. The number of carboxylic acids is 1. The summed E-state index contributed by atoms with van der Waals surface area (Å²) >= 11 is 0. The Morgan fingerprint density at radius 1 is 0.549 bits per heavy atom. The second-order valence-electron chi connectivity index (χ2n) is 29.4. The average molecular weight is 1730 g/mol. The highest BCUT2D eigenvalue weighted by Gasteiger charge is 2.46. The van der Waals surface area contributed by atoms with Crippen LogP contribution in [-0.4, -0.2) is 184 Å². The van der Waals surface area contributed by atoms with Gasteiger partial charge in [0.25, 0.3) is 0 Å². The summed E-state index contributed by atoms with van der Waals surface area (Å²) in [4.78, 5) is 105. The third-order valence-corrected chi connectivity index (χ3v) is 19.4. The van der Waals surface area contributed by atoms with Crippen molar-refractivity contribution >= 4 is 89.1 Å². The van der Waals surface area contributed by atoms with E-state index in [0.29, 0.717) is 44.6 Å². The smallest absolute Gasteiger partial charge is 0.798 e. The molecule has 6 aromatic rings. The molecule has 12 atom stereocenters. The third kappa shape index (κ3) is 21.4. The highest BCUT2D eigenvalue weighted by atomic mass is 127. The molecule has 3 aromatic heterocycles. The molecule has 0 unspecified atom stereocenters. The van der Waals surface area contributed by atoms with Gasteiger partial charge in [-0.15, -0.1) is 0 Å². The molecule has 6 aliphatic rings. The molecule has 0 bridgehead atoms. The molecule has 3 saturated heterocycles. The van der Waals surface area contributed by atoms with Gasteiger partial charge in [0.15, 0.2) is 34.7 Å². The first-order chi connectivity index (χ1) is 52.6. The number of carbonyl (C=O) groups is 5. The van der Waals surface area contributed by atoms with Crippen LogP contribution in [0.15, 0.2) is 51.2 Å². The summed E-state index contributed by atoms with van der Waals surface area (Å²) < 4.78 is 188. The van der Waals surface area contributed by atoms with Crippen molar-refractivity contribution in [3.05, 3.63) is 107 Å². The Hall–Kier alpha value is -8.83. The van der Waals surface area contributed by atoms with Crippen molar-refractivity contribution in [3.63, 3.8) is 0 Å². The summed E-state index contributed by atoms with van der Waals surface area (Å²) in [5.41, 5.74) is -0.0248. The summed E-state index contributed by atoms with van der Waals surface area (Å²) in [6.45, 7) is 22.3. The molecule has 3 aromatic carbocycles. The number of amides is 2. The number of hydrogen-bond donors (Lipinski definition) is 6. The Morgan fingerprint density at radius 3 is 1.25 bits per heavy atom. The number of nitrogens with one attached hydrogen (secondary N) is 3. The van der Waals surface area contributed by atoms with Crippen LogP contribution in [-0.2, 0) is 23.7 Å². The molecule has 0 spiro atoms. The van der Waals surface area contributed by atoms with Crippen molar-refractivity contribution in [1.82, 2.24) is 29.7 Å². The first-order valence-corrected chi connectivity index (χ1v) is 36.0. The standard InChI is InChI=1S/C25H30BF4N3O6.C20H23F2N3O4.C14H9BF5NO4.C11H22N2O2.C2H6O2.HI/c1-6-12-9-32(11-17(12)31-24(36)38-25(2,3)4)20-16(28)7-13-19(22(20)37-5)33(18-8-15(18)27)10-14(21(13)34)23(35)39-26(29)30;1-3-9-6-24(8-14(9)23)17-13(22)4-10-16(19(17)29-2)25(15-5-12(15)21)7-11(18(10)26)20(27)28;1-24-13-10(18)8(17)2-5-11(13)21(9-3-7(9)16)4-6(12(5)22)14(23)25-15(19)20;1-5-8-6-12-7-9(8)13-10(14)15-11(2,3)4;1-2-4-3;/h7,10,12,15,17-18H,6,8-9,11H2,1-5H3,(H,31,36);4,7,9,12,14-15H,3,5-6,8,23H2,1-2H3,(H,27,28);2,4,7,9H,3H2,1H3;8-9,12H,5-7H2,1-4H3,(H,13,14);3H,2H2,1H3;1H/p-1/t12-,15-,17+,18+;9-,12-,14+,15+;7-,9+;8-,9+;;/m0000../s1. The highest BCUT2D eigenvalue weighted by molar-refractivity contribution is 6.38. The van der Waals surface area contributed by atoms with Gasteiger partial charge in [-0.05, 0) is 90.8 Å². The normalized spacial score (nSPS) is 22.5. The first kappa shape index (κ1) is 91.4. The zero-order valence-corrected chi connectivity index (χ0v) is 66.2. The van der Waals surface area contributed by atoms with Crippen molar-refractivity contribution in [3.8, 4) is 17.2 Å². The number of nitrogens with zero attached hydrogens (tertiary/aromatic N) is 5. The zero-order valence-electron chi connectivity index (χ0n) is 64.0. The highest BCUT2D eigenvalue weighted by Crippen LogP contribution is 2.49. The molecule has 113 heavy (non-hydrogen) atoms. The van der Waals surface area contributed by atoms with Crippen molar-refractivity contribution in [2.24, 2.45) is 23.5 Å². The Kier molecular flexibility index (Phi) is 30.8. The lowest BCUT2D eigenvalue weighted by Crippen LogP contribution is -3.00. The van der Waals surface area contributed by atoms with E-state index in [4.69, 9.17) is 34.7 Å². The second-order valence-corrected chi connectivity index (χ2v) is 29.4. The topological polar surface area (TPSA) is 334 Å². The maximum absolute atomic E-state index is 15.7. The number of anilines is 2. The lowest BCUT2D eigenvalue weighted by Gasteiger charge is -2.25. The van der Waals surface area contributed by atoms with Crippen LogP contribution in [0, 0.1) is 41.0 Å². The SMILES string of the molecule is CCOO.CC[C@H]1CN(c2c(F)cc3c(=O)c(C(=O)O)cn([C@@H]4C[C@@H]4F)c3c2OC)C[C@H]1N.CC[C@H]1CN(c2c(F)cc3c(=O)c(C(=O)OB(F)F)cn([C@@H]4C[C@@H]4F)c3c2OC)C[C@H]1NC(=O)OC(C)(C)C.CC[C@H]1CNC[C@H]1NC(=O)OC(C)(C)C.COc1c(F)c(F)cc2c(=O)c(C(=O)OB(F)F)cn([C@@H]3C[C@@H]3F)c12.[I-]. The maximum Gasteiger partial charge on any atom is 0.798 e. The Labute approximate surface area is 658 Å². The van der Waals surface area contributed by atoms with Crippen LogP contribution in [0.3, 0.4) is 0 Å². The molecule has 41 heteroatoms. The van der Waals surface area contributed by atoms with Crippen LogP contribution in [0.1, 0.15) is 157 Å². The van der Waals surface area contributed by atoms with Crippen molar-refractivity contribution < 1.29 is 144 Å². The van der Waals surface area contributed by atoms with E-state index in [-0.39, 0.29) is 130 Å². The van der Waals surface area contributed by atoms with E-state index >= 15 is 8.78 Å². The van der Waals surface area contributed by atoms with E-state index in [1.54, 1.807) is 37.5 Å². The van der Waals surface area contributed by atoms with E-state index < -0.39 is 160 Å². The van der Waals surface area contributed by atoms with Gasteiger partial charge >= 0.3 is 45.0 Å². The number of carbonyl (C=O) groups excluding carboxylic acids is 4. The van der Waals surface area contributed by atoms with Gasteiger partial charge in [-0.1, -0.05) is 33.6 Å². The average Bonchev–Trinajstić information content (AvgIpc) is 1.70. The maximum atomic E-state index is 15.7. The quantitative estimate of drug-likeness (QED) is 0.0146. The van der Waals surface area contributed by atoms with Gasteiger partial charge in [-0.3, -0.25) is 19.6 Å². The van der Waals surface area contributed by atoms with E-state index in [1.165, 1.54) is 23.4 Å². The minimum absolute atomic E-state index is 0. The number of fused-ring (bicyclic) bond motifs is 3. The molecule has 3 aliphatic carbocycles. The minimum Gasteiger partial charge on any atom is -1.00 e. The van der Waals surface area contributed by atoms with Crippen molar-refractivity contribution in [2.45, 2.75) is 174 Å². The summed E-state index contributed by atoms with van der Waals surface area (Å²) in [5.74, 6) is -9.13. The molecular weight excluding hydrogens is 1640 g/mol. The van der Waals surface area contributed by atoms with Gasteiger partial charge in [-0.25, -0.2) is 72.5 Å². The number of ether oxygens (including phenoxy) is 5. The minimum atomic E-state index is -3.48. The van der Waals surface area contributed by atoms with Crippen molar-refractivity contribution in [2.75, 3.05) is 77.0 Å². The molecule has 6 heterocycles. The van der Waals surface area contributed by atoms with Gasteiger partial charge in [0.2, 0.25) is 22.1 Å². The predicted molar refractivity (Wildman–Crippen MR) is 391 cm³/mol. The van der Waals surface area contributed by atoms with E-state index in [0.717, 1.165) is 68.3 Å². The van der Waals surface area contributed by atoms with Crippen LogP contribution in [0.5, 0.6) is 17.2 Å². The van der Waals surface area contributed by atoms with Crippen LogP contribution in [0.2, 0.25) is 0 Å². The van der Waals surface area contributed by atoms with E-state index in [1.807, 2.05) is 34.6 Å². The number of halogens is 12. The zero-order chi connectivity index (χ0) is 83.2. The van der Waals surface area contributed by atoms with E-state index in [2.05, 4.69) is 37.1 Å². The number of alkyl halides is 3. The third-order valence-electron chi connectivity index (χ3n) is 19.4. The van der Waals surface area contributed by atoms with Gasteiger partial charge in [0, 0.05) is 89.2 Å². The van der Waals surface area contributed by atoms with Crippen LogP contribution in [0.25, 0.3) is 32.7 Å². The summed E-state index contributed by atoms with van der Waals surface area (Å²) in [7, 11) is -3.33. The number of alkyl carbamates (subject to hydrolysis) is 2. The van der Waals surface area contributed by atoms with Crippen LogP contribution < -0.4 is 86.0 Å². The second kappa shape index (κ2) is 38.1. The summed E-state index contributed by atoms with van der Waals surface area (Å²) in [5, 5.41) is 24.8. The molecule has 2 amide bonds. The molecule has 3 saturated carbocycles. The number of nitrogens with two attached hydrogens (primary N) is 1. The number of rotatable bonds is 19. The lowest BCUT2D eigenvalue weighted by molar-refractivity contribution is -0.237. The molecule has 27 nitrogen and oxygen atoms in total. The first-order valence-electron chi connectivity index (χ1n) is 36.0. The number of benzene rings is 3. The Balaban J connectivity index is 0.000000214.